The van der Waals surface area contributed by atoms with Gasteiger partial charge in [-0.3, -0.25) is 19.0 Å². The van der Waals surface area contributed by atoms with Crippen molar-refractivity contribution in [1.82, 2.24) is 9.55 Å². The molecule has 0 fully saturated rings. The van der Waals surface area contributed by atoms with Crippen molar-refractivity contribution in [2.24, 2.45) is 0 Å². The van der Waals surface area contributed by atoms with Crippen LogP contribution in [0.3, 0.4) is 0 Å². The minimum Gasteiger partial charge on any atom is -0.467 e. The molecule has 1 N–H and O–H groups in total. The van der Waals surface area contributed by atoms with Crippen molar-refractivity contribution in [2.45, 2.75) is 11.7 Å². The first-order chi connectivity index (χ1) is 16.0. The van der Waals surface area contributed by atoms with Crippen molar-refractivity contribution in [3.05, 3.63) is 82.0 Å². The zero-order valence-electron chi connectivity index (χ0n) is 17.2. The van der Waals surface area contributed by atoms with Gasteiger partial charge in [-0.05, 0) is 42.5 Å². The molecule has 1 aliphatic rings. The van der Waals surface area contributed by atoms with Gasteiger partial charge in [-0.2, -0.15) is 0 Å². The molecule has 2 aromatic carbocycles. The van der Waals surface area contributed by atoms with Crippen LogP contribution < -0.4 is 15.8 Å². The number of aromatic nitrogens is 2. The highest BCUT2D eigenvalue weighted by molar-refractivity contribution is 7.99. The maximum absolute atomic E-state index is 13.2. The van der Waals surface area contributed by atoms with Crippen molar-refractivity contribution in [3.63, 3.8) is 0 Å². The second-order valence-electron chi connectivity index (χ2n) is 7.36. The third-order valence-corrected chi connectivity index (χ3v) is 6.37. The fourth-order valence-corrected chi connectivity index (χ4v) is 4.68. The van der Waals surface area contributed by atoms with Crippen LogP contribution in [0.2, 0.25) is 5.02 Å². The molecule has 5 rings (SSSR count). The van der Waals surface area contributed by atoms with Crippen LogP contribution in [0.25, 0.3) is 10.9 Å². The molecule has 166 valence electrons. The second-order valence-corrected chi connectivity index (χ2v) is 8.74. The van der Waals surface area contributed by atoms with Crippen molar-refractivity contribution in [2.75, 3.05) is 22.5 Å². The molecule has 3 heterocycles. The number of fused-ring (bicyclic) bond motifs is 2. The summed E-state index contributed by atoms with van der Waals surface area (Å²) in [5, 5.41) is 4.00. The van der Waals surface area contributed by atoms with Gasteiger partial charge in [-0.15, -0.1) is 0 Å². The van der Waals surface area contributed by atoms with Crippen LogP contribution in [0.5, 0.6) is 0 Å². The standard InChI is InChI=1S/C23H17ClN4O4S/c24-14-7-8-16-18(10-14)26-23(28(22(16)31)11-15-4-3-9-32-15)33-13-21(30)27-12-20(29)25-17-5-1-2-6-19(17)27/h1-10H,11-13H2,(H,25,29). The highest BCUT2D eigenvalue weighted by Gasteiger charge is 2.27. The van der Waals surface area contributed by atoms with Gasteiger partial charge < -0.3 is 14.6 Å². The molecule has 0 radical (unpaired) electrons. The quantitative estimate of drug-likeness (QED) is 0.345. The van der Waals surface area contributed by atoms with Crippen molar-refractivity contribution < 1.29 is 14.0 Å². The van der Waals surface area contributed by atoms with E-state index in [4.69, 9.17) is 16.0 Å². The molecular weight excluding hydrogens is 464 g/mol. The van der Waals surface area contributed by atoms with Crippen LogP contribution in [0, 0.1) is 0 Å². The summed E-state index contributed by atoms with van der Waals surface area (Å²) >= 11 is 7.23. The number of para-hydroxylation sites is 2. The van der Waals surface area contributed by atoms with E-state index in [-0.39, 0.29) is 36.2 Å². The predicted octanol–water partition coefficient (Wildman–Crippen LogP) is 3.77. The van der Waals surface area contributed by atoms with E-state index < -0.39 is 0 Å². The molecule has 2 amide bonds. The summed E-state index contributed by atoms with van der Waals surface area (Å²) in [4.78, 5) is 44.4. The van der Waals surface area contributed by atoms with E-state index in [0.29, 0.717) is 38.2 Å². The Balaban J connectivity index is 1.47. The monoisotopic (exact) mass is 480 g/mol. The van der Waals surface area contributed by atoms with Gasteiger partial charge in [0, 0.05) is 5.02 Å². The van der Waals surface area contributed by atoms with Gasteiger partial charge in [0.05, 0.1) is 40.8 Å². The zero-order valence-corrected chi connectivity index (χ0v) is 18.7. The smallest absolute Gasteiger partial charge is 0.262 e. The fourth-order valence-electron chi connectivity index (χ4n) is 3.64. The first-order valence-electron chi connectivity index (χ1n) is 10.0. The molecule has 1 aliphatic heterocycles. The van der Waals surface area contributed by atoms with Crippen LogP contribution in [-0.2, 0) is 16.1 Å². The first kappa shape index (κ1) is 21.3. The summed E-state index contributed by atoms with van der Waals surface area (Å²) in [7, 11) is 0. The van der Waals surface area contributed by atoms with Gasteiger partial charge >= 0.3 is 0 Å². The molecule has 0 saturated carbocycles. The highest BCUT2D eigenvalue weighted by Crippen LogP contribution is 2.30. The summed E-state index contributed by atoms with van der Waals surface area (Å²) in [5.74, 6) is 0.0349. The Labute approximate surface area is 197 Å². The van der Waals surface area contributed by atoms with E-state index >= 15 is 0 Å². The van der Waals surface area contributed by atoms with Gasteiger partial charge in [0.15, 0.2) is 5.16 Å². The highest BCUT2D eigenvalue weighted by atomic mass is 35.5. The summed E-state index contributed by atoms with van der Waals surface area (Å²) in [6.07, 6.45) is 1.53. The number of amides is 2. The maximum atomic E-state index is 13.2. The summed E-state index contributed by atoms with van der Waals surface area (Å²) < 4.78 is 6.89. The third-order valence-electron chi connectivity index (χ3n) is 5.17. The number of nitrogens with zero attached hydrogens (tertiary/aromatic N) is 3. The molecule has 0 atom stereocenters. The second kappa shape index (κ2) is 8.76. The molecule has 8 nitrogen and oxygen atoms in total. The number of carbonyl (C=O) groups excluding carboxylic acids is 2. The predicted molar refractivity (Wildman–Crippen MR) is 127 cm³/mol. The number of furan rings is 1. The molecule has 0 bridgehead atoms. The Morgan fingerprint density at radius 2 is 2.00 bits per heavy atom. The van der Waals surface area contributed by atoms with E-state index in [9.17, 15) is 14.4 Å². The Morgan fingerprint density at radius 3 is 2.82 bits per heavy atom. The summed E-state index contributed by atoms with van der Waals surface area (Å²) in [6, 6.07) is 15.5. The SMILES string of the molecule is O=C1CN(C(=O)CSc2nc3cc(Cl)ccc3c(=O)n2Cc2ccco2)c2ccccc2N1. The molecule has 33 heavy (non-hydrogen) atoms. The number of carbonyl (C=O) groups is 2. The summed E-state index contributed by atoms with van der Waals surface area (Å²) in [6.45, 7) is 0.0965. The molecule has 4 aromatic rings. The maximum Gasteiger partial charge on any atom is 0.262 e. The van der Waals surface area contributed by atoms with Gasteiger partial charge in [-0.1, -0.05) is 35.5 Å². The molecule has 0 aliphatic carbocycles. The van der Waals surface area contributed by atoms with Crippen LogP contribution >= 0.6 is 23.4 Å². The van der Waals surface area contributed by atoms with E-state index in [1.165, 1.54) is 15.7 Å². The van der Waals surface area contributed by atoms with Crippen LogP contribution in [-0.4, -0.2) is 33.7 Å². The Bertz CT molecular complexity index is 1430. The molecule has 0 unspecified atom stereocenters. The van der Waals surface area contributed by atoms with Crippen LogP contribution in [0.4, 0.5) is 11.4 Å². The number of benzene rings is 2. The third kappa shape index (κ3) is 4.24. The number of hydrogen-bond acceptors (Lipinski definition) is 6. The average Bonchev–Trinajstić information content (AvgIpc) is 3.32. The lowest BCUT2D eigenvalue weighted by atomic mass is 10.2. The van der Waals surface area contributed by atoms with Gasteiger partial charge in [0.2, 0.25) is 11.8 Å². The lowest BCUT2D eigenvalue weighted by molar-refractivity contribution is -0.120. The van der Waals surface area contributed by atoms with Gasteiger partial charge in [0.1, 0.15) is 12.3 Å². The number of hydrogen-bond donors (Lipinski definition) is 1. The number of halogens is 1. The fraction of sp³-hybridized carbons (Fsp3) is 0.130. The molecule has 0 spiro atoms. The Hall–Kier alpha value is -3.56. The molecular formula is C23H17ClN4O4S. The molecule has 10 heteroatoms. The number of anilines is 2. The summed E-state index contributed by atoms with van der Waals surface area (Å²) in [5.41, 5.74) is 1.40. The van der Waals surface area contributed by atoms with Crippen LogP contribution in [0.15, 0.2) is 75.2 Å². The first-order valence-corrected chi connectivity index (χ1v) is 11.4. The van der Waals surface area contributed by atoms with Crippen molar-refractivity contribution >= 4 is 57.5 Å². The molecule has 2 aromatic heterocycles. The van der Waals surface area contributed by atoms with Crippen molar-refractivity contribution in [1.29, 1.82) is 0 Å². The minimum absolute atomic E-state index is 0.0156. The van der Waals surface area contributed by atoms with E-state index in [0.717, 1.165) is 11.8 Å². The molecule has 0 saturated heterocycles. The van der Waals surface area contributed by atoms with E-state index in [2.05, 4.69) is 10.3 Å². The minimum atomic E-state index is -0.271. The van der Waals surface area contributed by atoms with Gasteiger partial charge in [0.25, 0.3) is 5.56 Å². The largest absolute Gasteiger partial charge is 0.467 e. The number of thioether (sulfide) groups is 1. The average molecular weight is 481 g/mol. The number of rotatable bonds is 5. The zero-order chi connectivity index (χ0) is 22.9. The van der Waals surface area contributed by atoms with E-state index in [1.807, 2.05) is 0 Å². The van der Waals surface area contributed by atoms with Gasteiger partial charge in [-0.25, -0.2) is 4.98 Å². The number of nitrogens with one attached hydrogen (secondary N) is 1. The van der Waals surface area contributed by atoms with Crippen molar-refractivity contribution in [3.8, 4) is 0 Å². The Morgan fingerprint density at radius 1 is 1.15 bits per heavy atom. The van der Waals surface area contributed by atoms with E-state index in [1.54, 1.807) is 54.6 Å². The topological polar surface area (TPSA) is 97.4 Å². The lowest BCUT2D eigenvalue weighted by Gasteiger charge is -2.29. The Kier molecular flexibility index (Phi) is 5.65. The lowest BCUT2D eigenvalue weighted by Crippen LogP contribution is -2.43. The normalized spacial score (nSPS) is 13.1. The van der Waals surface area contributed by atoms with Crippen LogP contribution in [0.1, 0.15) is 5.76 Å².